The highest BCUT2D eigenvalue weighted by molar-refractivity contribution is 6.14. The van der Waals surface area contributed by atoms with E-state index in [0.29, 0.717) is 29.2 Å². The fraction of sp³-hybridized carbons (Fsp3) is 0.200. The van der Waals surface area contributed by atoms with E-state index in [2.05, 4.69) is 0 Å². The Morgan fingerprint density at radius 1 is 1.17 bits per heavy atom. The van der Waals surface area contributed by atoms with Gasteiger partial charge in [-0.25, -0.2) is 0 Å². The molecular weight excluding hydrogens is 302 g/mol. The second-order valence-corrected chi connectivity index (χ2v) is 5.21. The Balaban J connectivity index is 2.35. The third-order valence-electron chi connectivity index (χ3n) is 3.48. The van der Waals surface area contributed by atoms with Crippen molar-refractivity contribution in [1.82, 2.24) is 0 Å². The molecule has 0 aromatic heterocycles. The van der Waals surface area contributed by atoms with Gasteiger partial charge in [0.15, 0.2) is 11.5 Å². The molecule has 0 amide bonds. The van der Waals surface area contributed by atoms with Gasteiger partial charge in [0.05, 0.1) is 13.7 Å². The van der Waals surface area contributed by atoms with Crippen molar-refractivity contribution in [3.8, 4) is 17.6 Å². The fourth-order valence-corrected chi connectivity index (χ4v) is 2.22. The summed E-state index contributed by atoms with van der Waals surface area (Å²) in [4.78, 5) is 12.5. The molecule has 24 heavy (non-hydrogen) atoms. The van der Waals surface area contributed by atoms with Crippen molar-refractivity contribution in [2.24, 2.45) is 0 Å². The monoisotopic (exact) mass is 321 g/mol. The minimum absolute atomic E-state index is 0.0741. The van der Waals surface area contributed by atoms with E-state index >= 15 is 0 Å². The summed E-state index contributed by atoms with van der Waals surface area (Å²) in [7, 11) is 1.55. The third-order valence-corrected chi connectivity index (χ3v) is 3.48. The van der Waals surface area contributed by atoms with Crippen molar-refractivity contribution in [3.63, 3.8) is 0 Å². The van der Waals surface area contributed by atoms with E-state index in [1.807, 2.05) is 32.0 Å². The van der Waals surface area contributed by atoms with Gasteiger partial charge >= 0.3 is 0 Å². The summed E-state index contributed by atoms with van der Waals surface area (Å²) in [6.07, 6.45) is 1.56. The van der Waals surface area contributed by atoms with Crippen molar-refractivity contribution in [2.45, 2.75) is 13.8 Å². The normalized spacial score (nSPS) is 10.8. The van der Waals surface area contributed by atoms with E-state index in [4.69, 9.17) is 9.47 Å². The first-order valence-corrected chi connectivity index (χ1v) is 7.63. The number of ether oxygens (including phenoxy) is 2. The smallest absolute Gasteiger partial charge is 0.203 e. The molecule has 0 aliphatic carbocycles. The summed E-state index contributed by atoms with van der Waals surface area (Å²) in [6, 6.07) is 14.4. The van der Waals surface area contributed by atoms with Gasteiger partial charge in [-0.2, -0.15) is 5.26 Å². The lowest BCUT2D eigenvalue weighted by Gasteiger charge is -2.09. The second-order valence-electron chi connectivity index (χ2n) is 5.21. The quantitative estimate of drug-likeness (QED) is 0.455. The first kappa shape index (κ1) is 17.3. The average Bonchev–Trinajstić information content (AvgIpc) is 2.61. The zero-order valence-electron chi connectivity index (χ0n) is 14.0. The number of aryl methyl sites for hydroxylation is 1. The van der Waals surface area contributed by atoms with Crippen LogP contribution in [0.4, 0.5) is 0 Å². The van der Waals surface area contributed by atoms with Crippen LogP contribution in [-0.4, -0.2) is 19.5 Å². The van der Waals surface area contributed by atoms with Crippen molar-refractivity contribution in [2.75, 3.05) is 13.7 Å². The Morgan fingerprint density at radius 3 is 2.46 bits per heavy atom. The highest BCUT2D eigenvalue weighted by atomic mass is 16.5. The molecule has 0 aliphatic rings. The lowest BCUT2D eigenvalue weighted by atomic mass is 10.0. The van der Waals surface area contributed by atoms with Crippen LogP contribution in [0.25, 0.3) is 6.08 Å². The molecule has 0 heterocycles. The highest BCUT2D eigenvalue weighted by Crippen LogP contribution is 2.29. The molecule has 0 radical (unpaired) electrons. The molecule has 0 spiro atoms. The van der Waals surface area contributed by atoms with Crippen LogP contribution in [0.15, 0.2) is 48.0 Å². The third kappa shape index (κ3) is 4.02. The molecule has 0 saturated carbocycles. The number of hydrogen-bond acceptors (Lipinski definition) is 4. The van der Waals surface area contributed by atoms with E-state index in [0.717, 1.165) is 5.56 Å². The molecule has 122 valence electrons. The molecule has 2 aromatic carbocycles. The molecule has 0 N–H and O–H groups in total. The number of carbonyl (C=O) groups excluding carboxylic acids is 1. The van der Waals surface area contributed by atoms with Crippen molar-refractivity contribution < 1.29 is 14.3 Å². The van der Waals surface area contributed by atoms with Gasteiger partial charge in [0.25, 0.3) is 0 Å². The second kappa shape index (κ2) is 7.98. The number of methoxy groups -OCH3 is 1. The Hall–Kier alpha value is -3.06. The molecule has 4 nitrogen and oxygen atoms in total. The summed E-state index contributed by atoms with van der Waals surface area (Å²) in [5, 5.41) is 9.34. The number of allylic oxidation sites excluding steroid dienone is 1. The van der Waals surface area contributed by atoms with Crippen LogP contribution in [0.1, 0.15) is 28.4 Å². The van der Waals surface area contributed by atoms with Crippen molar-refractivity contribution in [3.05, 3.63) is 64.7 Å². The number of carbonyl (C=O) groups is 1. The van der Waals surface area contributed by atoms with Gasteiger partial charge in [0.2, 0.25) is 5.78 Å². The molecule has 2 aromatic rings. The predicted molar refractivity (Wildman–Crippen MR) is 93.3 cm³/mol. The molecule has 0 atom stereocenters. The molecular formula is C20H19NO3. The standard InChI is InChI=1S/C20H19NO3/c1-4-24-18-10-7-15(12-19(18)23-3)11-17(13-21)20(22)16-8-5-14(2)6-9-16/h5-12H,4H2,1-3H3/b17-11+. The largest absolute Gasteiger partial charge is 0.493 e. The molecule has 0 fully saturated rings. The summed E-state index contributed by atoms with van der Waals surface area (Å²) < 4.78 is 10.8. The number of nitrogens with zero attached hydrogens (tertiary/aromatic N) is 1. The van der Waals surface area contributed by atoms with Crippen LogP contribution in [-0.2, 0) is 0 Å². The lowest BCUT2D eigenvalue weighted by molar-refractivity contribution is 0.104. The first-order chi connectivity index (χ1) is 11.6. The van der Waals surface area contributed by atoms with E-state index in [1.165, 1.54) is 0 Å². The van der Waals surface area contributed by atoms with Crippen molar-refractivity contribution >= 4 is 11.9 Å². The summed E-state index contributed by atoms with van der Waals surface area (Å²) in [6.45, 7) is 4.36. The average molecular weight is 321 g/mol. The fourth-order valence-electron chi connectivity index (χ4n) is 2.22. The topological polar surface area (TPSA) is 59.3 Å². The predicted octanol–water partition coefficient (Wildman–Crippen LogP) is 4.19. The molecule has 0 saturated heterocycles. The van der Waals surface area contributed by atoms with Crippen molar-refractivity contribution in [1.29, 1.82) is 5.26 Å². The maximum atomic E-state index is 12.5. The minimum atomic E-state index is -0.301. The van der Waals surface area contributed by atoms with Crippen LogP contribution >= 0.6 is 0 Å². The maximum Gasteiger partial charge on any atom is 0.203 e. The van der Waals surface area contributed by atoms with Crippen LogP contribution in [0.2, 0.25) is 0 Å². The van der Waals surface area contributed by atoms with Crippen LogP contribution in [0, 0.1) is 18.3 Å². The van der Waals surface area contributed by atoms with Gasteiger partial charge in [-0.15, -0.1) is 0 Å². The zero-order valence-corrected chi connectivity index (χ0v) is 14.0. The first-order valence-electron chi connectivity index (χ1n) is 7.63. The Labute approximate surface area is 141 Å². The highest BCUT2D eigenvalue weighted by Gasteiger charge is 2.13. The molecule has 0 aliphatic heterocycles. The van der Waals surface area contributed by atoms with Gasteiger partial charge < -0.3 is 9.47 Å². The number of hydrogen-bond donors (Lipinski definition) is 0. The number of ketones is 1. The molecule has 0 unspecified atom stereocenters. The van der Waals surface area contributed by atoms with E-state index < -0.39 is 0 Å². The Bertz CT molecular complexity index is 799. The summed E-state index contributed by atoms with van der Waals surface area (Å²) in [5.74, 6) is 0.886. The van der Waals surface area contributed by atoms with Crippen LogP contribution < -0.4 is 9.47 Å². The summed E-state index contributed by atoms with van der Waals surface area (Å²) in [5.41, 5.74) is 2.33. The van der Waals surface area contributed by atoms with E-state index in [9.17, 15) is 10.1 Å². The number of Topliss-reactive ketones (excluding diaryl/α,β-unsaturated/α-hetero) is 1. The van der Waals surface area contributed by atoms with E-state index in [-0.39, 0.29) is 11.4 Å². The number of nitriles is 1. The summed E-state index contributed by atoms with van der Waals surface area (Å²) >= 11 is 0. The van der Waals surface area contributed by atoms with Gasteiger partial charge in [-0.05, 0) is 37.6 Å². The van der Waals surface area contributed by atoms with Gasteiger partial charge in [0.1, 0.15) is 11.6 Å². The number of rotatable bonds is 6. The molecule has 2 rings (SSSR count). The van der Waals surface area contributed by atoms with Crippen LogP contribution in [0.5, 0.6) is 11.5 Å². The molecule has 4 heteroatoms. The van der Waals surface area contributed by atoms with Crippen LogP contribution in [0.3, 0.4) is 0 Å². The Morgan fingerprint density at radius 2 is 1.88 bits per heavy atom. The van der Waals surface area contributed by atoms with Gasteiger partial charge in [0, 0.05) is 5.56 Å². The number of benzene rings is 2. The Kier molecular flexibility index (Phi) is 5.75. The van der Waals surface area contributed by atoms with E-state index in [1.54, 1.807) is 43.5 Å². The van der Waals surface area contributed by atoms with Gasteiger partial charge in [-0.3, -0.25) is 4.79 Å². The maximum absolute atomic E-state index is 12.5. The minimum Gasteiger partial charge on any atom is -0.493 e. The zero-order chi connectivity index (χ0) is 17.5. The molecule has 0 bridgehead atoms. The van der Waals surface area contributed by atoms with Gasteiger partial charge in [-0.1, -0.05) is 35.9 Å². The lowest BCUT2D eigenvalue weighted by Crippen LogP contribution is -2.02. The SMILES string of the molecule is CCOc1ccc(/C=C(\C#N)C(=O)c2ccc(C)cc2)cc1OC.